The van der Waals surface area contributed by atoms with Gasteiger partial charge in [0.2, 0.25) is 0 Å². The summed E-state index contributed by atoms with van der Waals surface area (Å²) in [7, 11) is 0. The van der Waals surface area contributed by atoms with Crippen molar-refractivity contribution in [2.24, 2.45) is 5.73 Å². The molecule has 1 atom stereocenters. The van der Waals surface area contributed by atoms with Crippen LogP contribution in [0.2, 0.25) is 0 Å². The van der Waals surface area contributed by atoms with Gasteiger partial charge < -0.3 is 20.5 Å². The summed E-state index contributed by atoms with van der Waals surface area (Å²) in [5.74, 6) is 1.71. The molecular weight excluding hydrogens is 408 g/mol. The van der Waals surface area contributed by atoms with E-state index in [4.69, 9.17) is 10.5 Å². The first-order chi connectivity index (χ1) is 15.8. The smallest absolute Gasteiger partial charge is 0.119 e. The number of anilines is 1. The molecule has 0 unspecified atom stereocenters. The number of fused-ring (bicyclic) bond motifs is 1. The summed E-state index contributed by atoms with van der Waals surface area (Å²) >= 11 is 0. The maximum Gasteiger partial charge on any atom is 0.119 e. The molecule has 0 fully saturated rings. The fraction of sp³-hybridized carbons (Fsp3) is 0.379. The van der Waals surface area contributed by atoms with Gasteiger partial charge in [0.1, 0.15) is 18.1 Å². The van der Waals surface area contributed by atoms with E-state index in [0.29, 0.717) is 18.3 Å². The van der Waals surface area contributed by atoms with E-state index in [1.54, 1.807) is 0 Å². The number of aromatic hydroxyl groups is 1. The SMILES string of the molecule is CCN(Cc1ccc(OCC(C)(C)N)cc1)c1ccccc1[C@@H]1CCc2cc(O)ccc2C1. The minimum absolute atomic E-state index is 0.346. The Morgan fingerprint density at radius 2 is 1.79 bits per heavy atom. The molecule has 3 aromatic rings. The third-order valence-electron chi connectivity index (χ3n) is 6.42. The first-order valence-electron chi connectivity index (χ1n) is 12.0. The monoisotopic (exact) mass is 444 g/mol. The molecule has 33 heavy (non-hydrogen) atoms. The zero-order chi connectivity index (χ0) is 23.4. The highest BCUT2D eigenvalue weighted by molar-refractivity contribution is 5.56. The van der Waals surface area contributed by atoms with Gasteiger partial charge in [-0.15, -0.1) is 0 Å². The Morgan fingerprint density at radius 1 is 1.03 bits per heavy atom. The second-order valence-electron chi connectivity index (χ2n) is 9.89. The number of nitrogens with zero attached hydrogens (tertiary/aromatic N) is 1. The molecule has 0 spiro atoms. The summed E-state index contributed by atoms with van der Waals surface area (Å²) < 4.78 is 5.82. The Morgan fingerprint density at radius 3 is 2.52 bits per heavy atom. The van der Waals surface area contributed by atoms with Crippen LogP contribution in [-0.2, 0) is 19.4 Å². The van der Waals surface area contributed by atoms with E-state index in [2.05, 4.69) is 54.3 Å². The lowest BCUT2D eigenvalue weighted by molar-refractivity contribution is 0.243. The molecule has 0 bridgehead atoms. The first-order valence-corrected chi connectivity index (χ1v) is 12.0. The number of nitrogens with two attached hydrogens (primary N) is 1. The highest BCUT2D eigenvalue weighted by atomic mass is 16.5. The van der Waals surface area contributed by atoms with E-state index in [1.807, 2.05) is 38.1 Å². The molecule has 4 rings (SSSR count). The molecule has 0 radical (unpaired) electrons. The summed E-state index contributed by atoms with van der Waals surface area (Å²) in [6.07, 6.45) is 3.14. The molecule has 0 heterocycles. The van der Waals surface area contributed by atoms with Crippen molar-refractivity contribution in [2.45, 2.75) is 58.0 Å². The third-order valence-corrected chi connectivity index (χ3v) is 6.42. The molecule has 0 aromatic heterocycles. The Labute approximate surface area is 198 Å². The highest BCUT2D eigenvalue weighted by Gasteiger charge is 2.24. The molecule has 0 aliphatic heterocycles. The molecule has 1 aliphatic rings. The van der Waals surface area contributed by atoms with Crippen molar-refractivity contribution < 1.29 is 9.84 Å². The quantitative estimate of drug-likeness (QED) is 0.460. The summed E-state index contributed by atoms with van der Waals surface area (Å²) in [6.45, 7) is 8.43. The van der Waals surface area contributed by atoms with Crippen LogP contribution in [-0.4, -0.2) is 23.8 Å². The minimum atomic E-state index is -0.346. The van der Waals surface area contributed by atoms with E-state index < -0.39 is 0 Å². The van der Waals surface area contributed by atoms with Crippen molar-refractivity contribution in [3.63, 3.8) is 0 Å². The molecular formula is C29H36N2O2. The van der Waals surface area contributed by atoms with E-state index in [9.17, 15) is 5.11 Å². The minimum Gasteiger partial charge on any atom is -0.508 e. The molecule has 174 valence electrons. The highest BCUT2D eigenvalue weighted by Crippen LogP contribution is 2.38. The van der Waals surface area contributed by atoms with E-state index in [0.717, 1.165) is 38.1 Å². The number of ether oxygens (including phenoxy) is 1. The number of phenolic OH excluding ortho intramolecular Hbond substituents is 1. The number of phenols is 1. The maximum atomic E-state index is 9.82. The van der Waals surface area contributed by atoms with Crippen molar-refractivity contribution in [3.05, 3.63) is 89.0 Å². The van der Waals surface area contributed by atoms with E-state index in [-0.39, 0.29) is 5.54 Å². The fourth-order valence-corrected chi connectivity index (χ4v) is 4.68. The molecule has 3 N–H and O–H groups in total. The van der Waals surface area contributed by atoms with Crippen LogP contribution in [0.25, 0.3) is 0 Å². The first kappa shape index (κ1) is 23.2. The number of aryl methyl sites for hydroxylation is 1. The Kier molecular flexibility index (Phi) is 6.94. The molecule has 1 aliphatic carbocycles. The second-order valence-corrected chi connectivity index (χ2v) is 9.89. The maximum absolute atomic E-state index is 9.82. The lowest BCUT2D eigenvalue weighted by Crippen LogP contribution is -2.38. The Hall–Kier alpha value is -2.98. The van der Waals surface area contributed by atoms with Gasteiger partial charge in [-0.1, -0.05) is 36.4 Å². The number of para-hydroxylation sites is 1. The largest absolute Gasteiger partial charge is 0.508 e. The zero-order valence-electron chi connectivity index (χ0n) is 20.1. The van der Waals surface area contributed by atoms with Crippen LogP contribution in [0.1, 0.15) is 55.4 Å². The van der Waals surface area contributed by atoms with Gasteiger partial charge in [-0.25, -0.2) is 0 Å². The van der Waals surface area contributed by atoms with Gasteiger partial charge in [0, 0.05) is 24.3 Å². The summed E-state index contributed by atoms with van der Waals surface area (Å²) in [4.78, 5) is 2.46. The molecule has 4 nitrogen and oxygen atoms in total. The summed E-state index contributed by atoms with van der Waals surface area (Å²) in [5, 5.41) is 9.82. The molecule has 0 saturated carbocycles. The van der Waals surface area contributed by atoms with Crippen LogP contribution in [0.3, 0.4) is 0 Å². The van der Waals surface area contributed by atoms with Crippen molar-refractivity contribution in [3.8, 4) is 11.5 Å². The van der Waals surface area contributed by atoms with Crippen LogP contribution in [0, 0.1) is 0 Å². The van der Waals surface area contributed by atoms with Gasteiger partial charge >= 0.3 is 0 Å². The molecule has 4 heteroatoms. The molecule has 3 aromatic carbocycles. The molecule has 0 saturated heterocycles. The van der Waals surface area contributed by atoms with Crippen LogP contribution in [0.15, 0.2) is 66.7 Å². The Balaban J connectivity index is 1.50. The average molecular weight is 445 g/mol. The topological polar surface area (TPSA) is 58.7 Å². The van der Waals surface area contributed by atoms with Gasteiger partial charge in [0.05, 0.1) is 0 Å². The lowest BCUT2D eigenvalue weighted by Gasteiger charge is -2.31. The predicted octanol–water partition coefficient (Wildman–Crippen LogP) is 5.81. The number of hydrogen-bond acceptors (Lipinski definition) is 4. The van der Waals surface area contributed by atoms with Crippen molar-refractivity contribution in [1.29, 1.82) is 0 Å². The second kappa shape index (κ2) is 9.88. The fourth-order valence-electron chi connectivity index (χ4n) is 4.68. The van der Waals surface area contributed by atoms with Crippen LogP contribution in [0.4, 0.5) is 5.69 Å². The summed E-state index contributed by atoms with van der Waals surface area (Å²) in [6, 6.07) is 23.0. The van der Waals surface area contributed by atoms with Gasteiger partial charge in [-0.05, 0) is 98.5 Å². The predicted molar refractivity (Wildman–Crippen MR) is 136 cm³/mol. The molecule has 0 amide bonds. The number of hydrogen-bond donors (Lipinski definition) is 2. The van der Waals surface area contributed by atoms with Crippen molar-refractivity contribution in [2.75, 3.05) is 18.1 Å². The normalized spacial score (nSPS) is 15.7. The van der Waals surface area contributed by atoms with Gasteiger partial charge in [0.25, 0.3) is 0 Å². The average Bonchev–Trinajstić information content (AvgIpc) is 2.81. The van der Waals surface area contributed by atoms with Crippen molar-refractivity contribution in [1.82, 2.24) is 0 Å². The summed E-state index contributed by atoms with van der Waals surface area (Å²) in [5.41, 5.74) is 12.3. The van der Waals surface area contributed by atoms with Gasteiger partial charge in [-0.2, -0.15) is 0 Å². The van der Waals surface area contributed by atoms with Gasteiger partial charge in [0.15, 0.2) is 0 Å². The standard InChI is InChI=1S/C29H36N2O2/c1-4-31(19-21-9-15-26(16-10-21)33-20-29(2,3)30)28-8-6-5-7-27(28)24-12-11-23-18-25(32)14-13-22(23)17-24/h5-10,13-16,18,24,32H,4,11-12,17,19-20,30H2,1-3H3/t24-/m1/s1. The Bertz CT molecular complexity index is 1070. The number of benzene rings is 3. The lowest BCUT2D eigenvalue weighted by atomic mass is 9.79. The van der Waals surface area contributed by atoms with Crippen LogP contribution < -0.4 is 15.4 Å². The van der Waals surface area contributed by atoms with E-state index >= 15 is 0 Å². The van der Waals surface area contributed by atoms with Crippen LogP contribution in [0.5, 0.6) is 11.5 Å². The van der Waals surface area contributed by atoms with Crippen LogP contribution >= 0.6 is 0 Å². The zero-order valence-corrected chi connectivity index (χ0v) is 20.1. The third kappa shape index (κ3) is 5.88. The number of rotatable bonds is 8. The van der Waals surface area contributed by atoms with Crippen molar-refractivity contribution >= 4 is 5.69 Å². The van der Waals surface area contributed by atoms with E-state index in [1.165, 1.54) is 27.9 Å². The van der Waals surface area contributed by atoms with Gasteiger partial charge in [-0.3, -0.25) is 0 Å².